The molecule has 1 aromatic heterocycles. The molecule has 0 fully saturated rings. The third-order valence-corrected chi connectivity index (χ3v) is 3.10. The minimum Gasteiger partial charge on any atom is -0.312 e. The van der Waals surface area contributed by atoms with Crippen molar-refractivity contribution in [3.63, 3.8) is 0 Å². The summed E-state index contributed by atoms with van der Waals surface area (Å²) in [6, 6.07) is 2.09. The molecule has 4 heteroatoms. The molecule has 0 bridgehead atoms. The van der Waals surface area contributed by atoms with E-state index in [9.17, 15) is 4.79 Å². The first-order valence-corrected chi connectivity index (χ1v) is 6.90. The van der Waals surface area contributed by atoms with Gasteiger partial charge < -0.3 is 5.32 Å². The van der Waals surface area contributed by atoms with Gasteiger partial charge in [0, 0.05) is 30.9 Å². The molecule has 0 aliphatic carbocycles. The van der Waals surface area contributed by atoms with Crippen molar-refractivity contribution in [2.75, 3.05) is 6.54 Å². The van der Waals surface area contributed by atoms with E-state index in [-0.39, 0.29) is 5.56 Å². The summed E-state index contributed by atoms with van der Waals surface area (Å²) in [5.41, 5.74) is 0.806. The number of rotatable bonds is 8. The molecule has 0 aliphatic rings. The third-order valence-electron chi connectivity index (χ3n) is 3.10. The van der Waals surface area contributed by atoms with Crippen molar-refractivity contribution >= 4 is 0 Å². The Bertz CT molecular complexity index is 400. The highest BCUT2D eigenvalue weighted by molar-refractivity contribution is 4.95. The van der Waals surface area contributed by atoms with Crippen LogP contribution in [0.2, 0.25) is 0 Å². The Morgan fingerprint density at radius 2 is 2.22 bits per heavy atom. The Balaban J connectivity index is 2.26. The molecule has 1 aromatic rings. The van der Waals surface area contributed by atoms with Gasteiger partial charge in [-0.1, -0.05) is 26.2 Å². The van der Waals surface area contributed by atoms with E-state index in [4.69, 9.17) is 0 Å². The maximum Gasteiger partial charge on any atom is 0.253 e. The summed E-state index contributed by atoms with van der Waals surface area (Å²) < 4.78 is 1.65. The quantitative estimate of drug-likeness (QED) is 0.720. The third kappa shape index (κ3) is 5.45. The number of hydrogen-bond acceptors (Lipinski definition) is 3. The second-order valence-electron chi connectivity index (χ2n) is 4.91. The molecular formula is C14H25N3O. The lowest BCUT2D eigenvalue weighted by molar-refractivity contribution is 0.466. The van der Waals surface area contributed by atoms with Crippen molar-refractivity contribution in [3.8, 4) is 0 Å². The highest BCUT2D eigenvalue weighted by Crippen LogP contribution is 2.02. The minimum absolute atomic E-state index is 0.0305. The predicted molar refractivity (Wildman–Crippen MR) is 74.8 cm³/mol. The number of aromatic nitrogens is 2. The Morgan fingerprint density at radius 3 is 2.89 bits per heavy atom. The Morgan fingerprint density at radius 1 is 1.44 bits per heavy atom. The number of aryl methyl sites for hydroxylation is 1. The first-order chi connectivity index (χ1) is 8.63. The summed E-state index contributed by atoms with van der Waals surface area (Å²) in [5, 5.41) is 3.44. The molecule has 102 valence electrons. The van der Waals surface area contributed by atoms with Crippen molar-refractivity contribution < 1.29 is 0 Å². The Labute approximate surface area is 109 Å². The van der Waals surface area contributed by atoms with Gasteiger partial charge in [-0.2, -0.15) is 0 Å². The number of nitrogens with one attached hydrogen (secondary N) is 1. The van der Waals surface area contributed by atoms with Crippen LogP contribution in [0.1, 0.15) is 45.2 Å². The van der Waals surface area contributed by atoms with Crippen molar-refractivity contribution in [1.82, 2.24) is 14.9 Å². The van der Waals surface area contributed by atoms with Crippen LogP contribution in [-0.4, -0.2) is 22.1 Å². The lowest BCUT2D eigenvalue weighted by Gasteiger charge is -2.14. The van der Waals surface area contributed by atoms with Crippen LogP contribution < -0.4 is 10.9 Å². The second kappa shape index (κ2) is 8.03. The molecule has 18 heavy (non-hydrogen) atoms. The van der Waals surface area contributed by atoms with Gasteiger partial charge in [0.15, 0.2) is 0 Å². The van der Waals surface area contributed by atoms with Crippen LogP contribution in [0.5, 0.6) is 0 Å². The fraction of sp³-hybridized carbons (Fsp3) is 0.714. The average molecular weight is 251 g/mol. The summed E-state index contributed by atoms with van der Waals surface area (Å²) >= 11 is 0. The summed E-state index contributed by atoms with van der Waals surface area (Å²) in [4.78, 5) is 15.8. The largest absolute Gasteiger partial charge is 0.312 e. The predicted octanol–water partition coefficient (Wildman–Crippen LogP) is 2.11. The minimum atomic E-state index is 0.0305. The van der Waals surface area contributed by atoms with Crippen molar-refractivity contribution in [1.29, 1.82) is 0 Å². The maximum atomic E-state index is 11.6. The number of unbranched alkanes of at least 4 members (excludes halogenated alkanes) is 2. The molecule has 0 radical (unpaired) electrons. The first-order valence-electron chi connectivity index (χ1n) is 6.90. The highest BCUT2D eigenvalue weighted by Gasteiger charge is 2.01. The molecular weight excluding hydrogens is 226 g/mol. The topological polar surface area (TPSA) is 46.9 Å². The summed E-state index contributed by atoms with van der Waals surface area (Å²) in [6.45, 7) is 7.75. The van der Waals surface area contributed by atoms with Gasteiger partial charge in [0.1, 0.15) is 0 Å². The molecule has 0 spiro atoms. The summed E-state index contributed by atoms with van der Waals surface area (Å²) in [5.74, 6) is 0. The summed E-state index contributed by atoms with van der Waals surface area (Å²) in [7, 11) is 0. The molecule has 4 nitrogen and oxygen atoms in total. The van der Waals surface area contributed by atoms with E-state index in [0.717, 1.165) is 12.2 Å². The normalized spacial score (nSPS) is 12.6. The molecule has 1 unspecified atom stereocenters. The molecule has 1 heterocycles. The molecule has 1 rings (SSSR count). The molecule has 1 N–H and O–H groups in total. The maximum absolute atomic E-state index is 11.6. The fourth-order valence-corrected chi connectivity index (χ4v) is 1.92. The SMILES string of the molecule is CCCCCC(C)NCCn1cnc(C)cc1=O. The van der Waals surface area contributed by atoms with Crippen LogP contribution in [0, 0.1) is 6.92 Å². The molecule has 0 aliphatic heterocycles. The van der Waals surface area contributed by atoms with Crippen LogP contribution in [-0.2, 0) is 6.54 Å². The molecule has 0 aromatic carbocycles. The van der Waals surface area contributed by atoms with Gasteiger partial charge in [0.25, 0.3) is 5.56 Å². The first kappa shape index (κ1) is 14.9. The van der Waals surface area contributed by atoms with E-state index in [1.807, 2.05) is 6.92 Å². The van der Waals surface area contributed by atoms with E-state index in [1.54, 1.807) is 17.0 Å². The molecule has 1 atom stereocenters. The van der Waals surface area contributed by atoms with E-state index in [0.29, 0.717) is 12.6 Å². The zero-order chi connectivity index (χ0) is 13.4. The molecule has 0 amide bonds. The van der Waals surface area contributed by atoms with E-state index < -0.39 is 0 Å². The monoisotopic (exact) mass is 251 g/mol. The van der Waals surface area contributed by atoms with Gasteiger partial charge in [-0.3, -0.25) is 9.36 Å². The zero-order valence-electron chi connectivity index (χ0n) is 11.8. The molecule has 0 saturated carbocycles. The fourth-order valence-electron chi connectivity index (χ4n) is 1.92. The Hall–Kier alpha value is -1.16. The van der Waals surface area contributed by atoms with E-state index in [1.165, 1.54) is 25.7 Å². The average Bonchev–Trinajstić information content (AvgIpc) is 2.32. The van der Waals surface area contributed by atoms with Crippen molar-refractivity contribution in [2.45, 2.75) is 59.0 Å². The number of hydrogen-bond donors (Lipinski definition) is 1. The Kier molecular flexibility index (Phi) is 6.65. The van der Waals surface area contributed by atoms with Crippen molar-refractivity contribution in [3.05, 3.63) is 28.4 Å². The van der Waals surface area contributed by atoms with Gasteiger partial charge in [-0.15, -0.1) is 0 Å². The van der Waals surface area contributed by atoms with Crippen LogP contribution in [0.25, 0.3) is 0 Å². The lowest BCUT2D eigenvalue weighted by atomic mass is 10.1. The smallest absolute Gasteiger partial charge is 0.253 e. The van der Waals surface area contributed by atoms with Crippen LogP contribution in [0.3, 0.4) is 0 Å². The van der Waals surface area contributed by atoms with Gasteiger partial charge in [-0.25, -0.2) is 4.98 Å². The zero-order valence-corrected chi connectivity index (χ0v) is 11.8. The van der Waals surface area contributed by atoms with Gasteiger partial charge in [0.05, 0.1) is 6.33 Å². The standard InChI is InChI=1S/C14H25N3O/c1-4-5-6-7-12(2)15-8-9-17-11-16-13(3)10-14(17)18/h10-12,15H,4-9H2,1-3H3. The van der Waals surface area contributed by atoms with Crippen LogP contribution in [0.15, 0.2) is 17.2 Å². The van der Waals surface area contributed by atoms with Gasteiger partial charge in [0.2, 0.25) is 0 Å². The summed E-state index contributed by atoms with van der Waals surface area (Å²) in [6.07, 6.45) is 6.66. The van der Waals surface area contributed by atoms with Crippen molar-refractivity contribution in [2.24, 2.45) is 0 Å². The molecule has 0 saturated heterocycles. The lowest BCUT2D eigenvalue weighted by Crippen LogP contribution is -2.32. The van der Waals surface area contributed by atoms with Crippen LogP contribution >= 0.6 is 0 Å². The van der Waals surface area contributed by atoms with E-state index in [2.05, 4.69) is 24.1 Å². The van der Waals surface area contributed by atoms with Gasteiger partial charge >= 0.3 is 0 Å². The van der Waals surface area contributed by atoms with Crippen LogP contribution in [0.4, 0.5) is 0 Å². The van der Waals surface area contributed by atoms with Gasteiger partial charge in [-0.05, 0) is 20.3 Å². The van der Waals surface area contributed by atoms with E-state index >= 15 is 0 Å². The number of nitrogens with zero attached hydrogens (tertiary/aromatic N) is 2. The second-order valence-corrected chi connectivity index (χ2v) is 4.91. The highest BCUT2D eigenvalue weighted by atomic mass is 16.1.